The van der Waals surface area contributed by atoms with E-state index in [1.165, 1.54) is 0 Å². The van der Waals surface area contributed by atoms with E-state index in [1.54, 1.807) is 0 Å². The molecule has 1 N–H and O–H groups in total. The van der Waals surface area contributed by atoms with Crippen molar-refractivity contribution in [1.82, 2.24) is 5.32 Å². The lowest BCUT2D eigenvalue weighted by molar-refractivity contribution is -0.120. The number of hydrogen-bond donors (Lipinski definition) is 1. The van der Waals surface area contributed by atoms with Crippen LogP contribution in [-0.4, -0.2) is 56.4 Å². The molecule has 120 valence electrons. The van der Waals surface area contributed by atoms with Crippen LogP contribution in [-0.2, 0) is 19.0 Å². The summed E-state index contributed by atoms with van der Waals surface area (Å²) in [5, 5.41) is 2.57. The first-order chi connectivity index (χ1) is 9.57. The number of hydrogen-bond acceptors (Lipinski definition) is 4. The van der Waals surface area contributed by atoms with E-state index in [0.29, 0.717) is 33.0 Å². The molecule has 0 rings (SSSR count). The normalized spacial score (nSPS) is 12.7. The molecule has 0 aliphatic rings. The molecule has 0 heterocycles. The monoisotopic (exact) mass is 329 g/mol. The molecule has 0 bridgehead atoms. The molecule has 0 aromatic carbocycles. The number of nitrogens with one attached hydrogen (secondary N) is 1. The highest BCUT2D eigenvalue weighted by atomic mass is 35.5. The van der Waals surface area contributed by atoms with Crippen molar-refractivity contribution in [2.75, 3.05) is 39.6 Å². The Kier molecular flexibility index (Phi) is 13.8. The van der Waals surface area contributed by atoms with Crippen LogP contribution in [0.4, 0.5) is 0 Å². The molecule has 0 aromatic rings. The maximum Gasteiger partial charge on any atom is 0.253 e. The molecule has 7 heteroatoms. The molecule has 0 fully saturated rings. The standard InChI is InChI=1S/C13H25Cl2NO4/c1-3-4-5-18-6-7-19-8-9-20-11(2)10-16-13(17)12(14)15/h11-12H,3-10H2,1-2H3,(H,16,17). The van der Waals surface area contributed by atoms with Crippen molar-refractivity contribution in [3.8, 4) is 0 Å². The van der Waals surface area contributed by atoms with Crippen LogP contribution in [0.1, 0.15) is 26.7 Å². The van der Waals surface area contributed by atoms with Gasteiger partial charge in [0.25, 0.3) is 5.91 Å². The first kappa shape index (κ1) is 19.9. The van der Waals surface area contributed by atoms with Gasteiger partial charge in [0.2, 0.25) is 0 Å². The van der Waals surface area contributed by atoms with Crippen LogP contribution in [0, 0.1) is 0 Å². The summed E-state index contributed by atoms with van der Waals surface area (Å²) in [4.78, 5) is 10.1. The SMILES string of the molecule is CCCCOCCOCCOC(C)CNC(=O)C(Cl)Cl. The van der Waals surface area contributed by atoms with Gasteiger partial charge < -0.3 is 19.5 Å². The smallest absolute Gasteiger partial charge is 0.253 e. The van der Waals surface area contributed by atoms with Gasteiger partial charge in [-0.15, -0.1) is 0 Å². The summed E-state index contributed by atoms with van der Waals surface area (Å²) in [6.07, 6.45) is 2.10. The number of unbranched alkanes of at least 4 members (excludes halogenated alkanes) is 1. The summed E-state index contributed by atoms with van der Waals surface area (Å²) in [7, 11) is 0. The highest BCUT2D eigenvalue weighted by Gasteiger charge is 2.12. The van der Waals surface area contributed by atoms with E-state index < -0.39 is 10.7 Å². The summed E-state index contributed by atoms with van der Waals surface area (Å²) >= 11 is 10.8. The second kappa shape index (κ2) is 13.9. The summed E-state index contributed by atoms with van der Waals surface area (Å²) in [6, 6.07) is 0. The molecule has 5 nitrogen and oxygen atoms in total. The van der Waals surface area contributed by atoms with Gasteiger partial charge >= 0.3 is 0 Å². The van der Waals surface area contributed by atoms with E-state index in [4.69, 9.17) is 37.4 Å². The summed E-state index contributed by atoms with van der Waals surface area (Å²) in [5.41, 5.74) is 0. The fourth-order valence-electron chi connectivity index (χ4n) is 1.26. The van der Waals surface area contributed by atoms with Crippen LogP contribution in [0.5, 0.6) is 0 Å². The van der Waals surface area contributed by atoms with Crippen LogP contribution in [0.25, 0.3) is 0 Å². The van der Waals surface area contributed by atoms with Crippen LogP contribution in [0.15, 0.2) is 0 Å². The number of halogens is 2. The van der Waals surface area contributed by atoms with Gasteiger partial charge in [-0.3, -0.25) is 4.79 Å². The molecular weight excluding hydrogens is 305 g/mol. The lowest BCUT2D eigenvalue weighted by Gasteiger charge is -2.14. The fourth-order valence-corrected chi connectivity index (χ4v) is 1.41. The molecule has 1 unspecified atom stereocenters. The third-order valence-corrected chi connectivity index (χ3v) is 2.80. The Morgan fingerprint density at radius 2 is 1.70 bits per heavy atom. The van der Waals surface area contributed by atoms with Crippen molar-refractivity contribution in [2.24, 2.45) is 0 Å². The zero-order valence-electron chi connectivity index (χ0n) is 12.2. The van der Waals surface area contributed by atoms with Crippen molar-refractivity contribution in [1.29, 1.82) is 0 Å². The van der Waals surface area contributed by atoms with Crippen molar-refractivity contribution in [3.63, 3.8) is 0 Å². The van der Waals surface area contributed by atoms with E-state index >= 15 is 0 Å². The largest absolute Gasteiger partial charge is 0.379 e. The van der Waals surface area contributed by atoms with E-state index in [0.717, 1.165) is 19.4 Å². The molecule has 0 aliphatic heterocycles. The predicted molar refractivity (Wildman–Crippen MR) is 80.5 cm³/mol. The Morgan fingerprint density at radius 3 is 2.30 bits per heavy atom. The van der Waals surface area contributed by atoms with E-state index in [1.807, 2.05) is 6.92 Å². The average Bonchev–Trinajstić information content (AvgIpc) is 2.42. The maximum atomic E-state index is 11.1. The quantitative estimate of drug-likeness (QED) is 0.415. The Hall–Kier alpha value is -0.0700. The molecule has 0 aromatic heterocycles. The highest BCUT2D eigenvalue weighted by Crippen LogP contribution is 2.00. The topological polar surface area (TPSA) is 56.8 Å². The van der Waals surface area contributed by atoms with Crippen LogP contribution < -0.4 is 5.32 Å². The van der Waals surface area contributed by atoms with Gasteiger partial charge in [0.15, 0.2) is 4.84 Å². The van der Waals surface area contributed by atoms with Gasteiger partial charge in [0, 0.05) is 13.2 Å². The molecule has 20 heavy (non-hydrogen) atoms. The first-order valence-electron chi connectivity index (χ1n) is 6.90. The van der Waals surface area contributed by atoms with Crippen LogP contribution in [0.3, 0.4) is 0 Å². The van der Waals surface area contributed by atoms with Gasteiger partial charge in [-0.2, -0.15) is 0 Å². The molecule has 0 spiro atoms. The minimum Gasteiger partial charge on any atom is -0.379 e. The van der Waals surface area contributed by atoms with Crippen molar-refractivity contribution in [3.05, 3.63) is 0 Å². The summed E-state index contributed by atoms with van der Waals surface area (Å²) in [5.74, 6) is -0.413. The number of ether oxygens (including phenoxy) is 3. The third-order valence-electron chi connectivity index (χ3n) is 2.41. The number of carbonyl (C=O) groups is 1. The van der Waals surface area contributed by atoms with E-state index in [-0.39, 0.29) is 6.10 Å². The van der Waals surface area contributed by atoms with Crippen molar-refractivity contribution >= 4 is 29.1 Å². The van der Waals surface area contributed by atoms with Crippen LogP contribution >= 0.6 is 23.2 Å². The molecule has 0 saturated heterocycles. The molecule has 0 aliphatic carbocycles. The lowest BCUT2D eigenvalue weighted by Crippen LogP contribution is -2.35. The number of carbonyl (C=O) groups excluding carboxylic acids is 1. The molecule has 0 saturated carbocycles. The van der Waals surface area contributed by atoms with Gasteiger partial charge in [-0.05, 0) is 13.3 Å². The highest BCUT2D eigenvalue weighted by molar-refractivity contribution is 6.53. The average molecular weight is 330 g/mol. The zero-order chi connectivity index (χ0) is 15.2. The third kappa shape index (κ3) is 12.9. The van der Waals surface area contributed by atoms with Gasteiger partial charge in [-0.1, -0.05) is 36.5 Å². The number of alkyl halides is 2. The first-order valence-corrected chi connectivity index (χ1v) is 7.78. The molecule has 1 atom stereocenters. The summed E-state index contributed by atoms with van der Waals surface area (Å²) < 4.78 is 16.1. The number of rotatable bonds is 13. The van der Waals surface area contributed by atoms with Gasteiger partial charge in [0.05, 0.1) is 32.5 Å². The second-order valence-corrected chi connectivity index (χ2v) is 5.40. The molecule has 0 radical (unpaired) electrons. The van der Waals surface area contributed by atoms with E-state index in [9.17, 15) is 4.79 Å². The Bertz CT molecular complexity index is 242. The fraction of sp³-hybridized carbons (Fsp3) is 0.923. The minimum atomic E-state index is -1.04. The van der Waals surface area contributed by atoms with Gasteiger partial charge in [0.1, 0.15) is 0 Å². The maximum absolute atomic E-state index is 11.1. The lowest BCUT2D eigenvalue weighted by atomic mass is 10.4. The van der Waals surface area contributed by atoms with Crippen molar-refractivity contribution in [2.45, 2.75) is 37.6 Å². The van der Waals surface area contributed by atoms with E-state index in [2.05, 4.69) is 12.2 Å². The van der Waals surface area contributed by atoms with Gasteiger partial charge in [-0.25, -0.2) is 0 Å². The Labute approximate surface area is 131 Å². The predicted octanol–water partition coefficient (Wildman–Crippen LogP) is 2.14. The summed E-state index contributed by atoms with van der Waals surface area (Å²) in [6.45, 7) is 7.29. The number of amides is 1. The Morgan fingerprint density at radius 1 is 1.10 bits per heavy atom. The zero-order valence-corrected chi connectivity index (χ0v) is 13.7. The second-order valence-electron chi connectivity index (χ2n) is 4.31. The molecule has 1 amide bonds. The van der Waals surface area contributed by atoms with Crippen molar-refractivity contribution < 1.29 is 19.0 Å². The molecular formula is C13H25Cl2NO4. The minimum absolute atomic E-state index is 0.115. The Balaban J connectivity index is 3.27. The van der Waals surface area contributed by atoms with Crippen LogP contribution in [0.2, 0.25) is 0 Å².